The maximum atomic E-state index is 14.0. The quantitative estimate of drug-likeness (QED) is 0.251. The number of hydrogen-bond acceptors (Lipinski definition) is 4. The molecule has 2 atom stereocenters. The fourth-order valence-electron chi connectivity index (χ4n) is 4.13. The first-order valence-electron chi connectivity index (χ1n) is 13.1. The minimum Gasteiger partial charge on any atom is -0.352 e. The standard InChI is InChI=1S/C30H34Cl3N3O4S/c1-6-21(4)34-30(38)22(5)35(17-23-9-13-26(32)27(33)16-23)29(37)18-36(28-14-10-24(31)15-20(28)3)41(39,40)25-11-7-19(2)8-12-25/h7-16,21-22H,6,17-18H2,1-5H3,(H,34,38)/t21-,22+/m0/s1. The molecule has 0 spiro atoms. The summed E-state index contributed by atoms with van der Waals surface area (Å²) in [5, 5.41) is 3.99. The number of rotatable bonds is 11. The number of halogens is 3. The third-order valence-corrected chi connectivity index (χ3v) is 9.57. The van der Waals surface area contributed by atoms with E-state index in [9.17, 15) is 18.0 Å². The van der Waals surface area contributed by atoms with Gasteiger partial charge in [0.05, 0.1) is 20.6 Å². The highest BCUT2D eigenvalue weighted by Gasteiger charge is 2.33. The van der Waals surface area contributed by atoms with Crippen LogP contribution >= 0.6 is 34.8 Å². The van der Waals surface area contributed by atoms with E-state index in [0.717, 1.165) is 9.87 Å². The highest BCUT2D eigenvalue weighted by molar-refractivity contribution is 7.92. The third kappa shape index (κ3) is 8.16. The average Bonchev–Trinajstić information content (AvgIpc) is 2.92. The molecule has 2 amide bonds. The van der Waals surface area contributed by atoms with E-state index in [4.69, 9.17) is 34.8 Å². The predicted octanol–water partition coefficient (Wildman–Crippen LogP) is 6.79. The zero-order valence-corrected chi connectivity index (χ0v) is 26.7. The highest BCUT2D eigenvalue weighted by Crippen LogP contribution is 2.30. The Kier molecular flexibility index (Phi) is 11.1. The molecule has 0 aliphatic carbocycles. The number of carbonyl (C=O) groups excluding carboxylic acids is 2. The van der Waals surface area contributed by atoms with Gasteiger partial charge in [-0.25, -0.2) is 8.42 Å². The summed E-state index contributed by atoms with van der Waals surface area (Å²) in [4.78, 5) is 28.6. The van der Waals surface area contributed by atoms with Crippen LogP contribution in [0.25, 0.3) is 0 Å². The van der Waals surface area contributed by atoms with Crippen LogP contribution < -0.4 is 9.62 Å². The first kappa shape index (κ1) is 32.7. The van der Waals surface area contributed by atoms with Crippen molar-refractivity contribution in [1.29, 1.82) is 0 Å². The number of sulfonamides is 1. The molecular formula is C30H34Cl3N3O4S. The van der Waals surface area contributed by atoms with Crippen molar-refractivity contribution in [1.82, 2.24) is 10.2 Å². The van der Waals surface area contributed by atoms with Crippen LogP contribution in [0, 0.1) is 13.8 Å². The number of amides is 2. The van der Waals surface area contributed by atoms with Crippen LogP contribution in [0.3, 0.4) is 0 Å². The molecule has 0 unspecified atom stereocenters. The van der Waals surface area contributed by atoms with Crippen LogP contribution in [0.4, 0.5) is 5.69 Å². The molecule has 0 heterocycles. The number of nitrogens with one attached hydrogen (secondary N) is 1. The van der Waals surface area contributed by atoms with Gasteiger partial charge in [0.15, 0.2) is 0 Å². The summed E-state index contributed by atoms with van der Waals surface area (Å²) in [5.74, 6) is -0.934. The van der Waals surface area contributed by atoms with Gasteiger partial charge in [-0.2, -0.15) is 0 Å². The molecule has 11 heteroatoms. The molecule has 0 aliphatic heterocycles. The lowest BCUT2D eigenvalue weighted by Crippen LogP contribution is -2.52. The Labute approximate surface area is 257 Å². The molecule has 1 N–H and O–H groups in total. The van der Waals surface area contributed by atoms with Crippen molar-refractivity contribution in [3.8, 4) is 0 Å². The summed E-state index contributed by atoms with van der Waals surface area (Å²) in [6.45, 7) is 8.45. The average molecular weight is 639 g/mol. The van der Waals surface area contributed by atoms with E-state index in [1.165, 1.54) is 17.0 Å². The number of benzene rings is 3. The summed E-state index contributed by atoms with van der Waals surface area (Å²) in [6.07, 6.45) is 0.706. The molecule has 0 saturated carbocycles. The van der Waals surface area contributed by atoms with Gasteiger partial charge < -0.3 is 10.2 Å². The first-order chi connectivity index (χ1) is 19.2. The second-order valence-electron chi connectivity index (χ2n) is 10.0. The molecule has 7 nitrogen and oxygen atoms in total. The molecule has 0 fully saturated rings. The lowest BCUT2D eigenvalue weighted by atomic mass is 10.1. The molecular weight excluding hydrogens is 605 g/mol. The van der Waals surface area contributed by atoms with Gasteiger partial charge in [-0.15, -0.1) is 0 Å². The van der Waals surface area contributed by atoms with Gasteiger partial charge in [0, 0.05) is 17.6 Å². The van der Waals surface area contributed by atoms with Gasteiger partial charge >= 0.3 is 0 Å². The van der Waals surface area contributed by atoms with Crippen LogP contribution in [0.15, 0.2) is 65.6 Å². The SMILES string of the molecule is CC[C@H](C)NC(=O)[C@@H](C)N(Cc1ccc(Cl)c(Cl)c1)C(=O)CN(c1ccc(Cl)cc1C)S(=O)(=O)c1ccc(C)cc1. The van der Waals surface area contributed by atoms with Crippen molar-refractivity contribution in [2.45, 2.75) is 64.6 Å². The Morgan fingerprint density at radius 2 is 1.56 bits per heavy atom. The molecule has 0 radical (unpaired) electrons. The second-order valence-corrected chi connectivity index (χ2v) is 13.1. The second kappa shape index (κ2) is 13.9. The number of nitrogens with zero attached hydrogens (tertiary/aromatic N) is 2. The van der Waals surface area contributed by atoms with Gasteiger partial charge in [-0.3, -0.25) is 13.9 Å². The molecule has 0 saturated heterocycles. The van der Waals surface area contributed by atoms with Crippen LogP contribution in [0.5, 0.6) is 0 Å². The Hall–Kier alpha value is -2.78. The monoisotopic (exact) mass is 637 g/mol. The van der Waals surface area contributed by atoms with Crippen molar-refractivity contribution >= 4 is 62.3 Å². The predicted molar refractivity (Wildman–Crippen MR) is 166 cm³/mol. The maximum absolute atomic E-state index is 14.0. The molecule has 3 rings (SSSR count). The summed E-state index contributed by atoms with van der Waals surface area (Å²) in [7, 11) is -4.19. The molecule has 41 heavy (non-hydrogen) atoms. The van der Waals surface area contributed by atoms with Crippen molar-refractivity contribution in [3.05, 3.63) is 92.4 Å². The topological polar surface area (TPSA) is 86.8 Å². The minimum atomic E-state index is -4.19. The number of aryl methyl sites for hydroxylation is 2. The van der Waals surface area contributed by atoms with E-state index in [1.807, 2.05) is 20.8 Å². The largest absolute Gasteiger partial charge is 0.352 e. The van der Waals surface area contributed by atoms with Gasteiger partial charge in [-0.05, 0) is 87.7 Å². The van der Waals surface area contributed by atoms with Gasteiger partial charge in [-0.1, -0.05) is 65.5 Å². The highest BCUT2D eigenvalue weighted by atomic mass is 35.5. The van der Waals surface area contributed by atoms with Gasteiger partial charge in [0.2, 0.25) is 11.8 Å². The number of hydrogen-bond donors (Lipinski definition) is 1. The Balaban J connectivity index is 2.07. The lowest BCUT2D eigenvalue weighted by Gasteiger charge is -2.33. The van der Waals surface area contributed by atoms with Crippen molar-refractivity contribution < 1.29 is 18.0 Å². The molecule has 0 aromatic heterocycles. The smallest absolute Gasteiger partial charge is 0.264 e. The third-order valence-electron chi connectivity index (χ3n) is 6.82. The maximum Gasteiger partial charge on any atom is 0.264 e. The fraction of sp³-hybridized carbons (Fsp3) is 0.333. The summed E-state index contributed by atoms with van der Waals surface area (Å²) in [5.41, 5.74) is 2.39. The van der Waals surface area contributed by atoms with Crippen LogP contribution in [-0.2, 0) is 26.2 Å². The van der Waals surface area contributed by atoms with E-state index >= 15 is 0 Å². The van der Waals surface area contributed by atoms with E-state index < -0.39 is 28.5 Å². The van der Waals surface area contributed by atoms with E-state index in [-0.39, 0.29) is 23.4 Å². The zero-order valence-electron chi connectivity index (χ0n) is 23.6. The first-order valence-corrected chi connectivity index (χ1v) is 15.7. The van der Waals surface area contributed by atoms with Gasteiger partial charge in [0.1, 0.15) is 12.6 Å². The molecule has 0 bridgehead atoms. The fourth-order valence-corrected chi connectivity index (χ4v) is 6.16. The Bertz CT molecular complexity index is 1510. The van der Waals surface area contributed by atoms with Crippen LogP contribution in [0.1, 0.15) is 43.9 Å². The zero-order chi connectivity index (χ0) is 30.5. The number of carbonyl (C=O) groups is 2. The van der Waals surface area contributed by atoms with E-state index in [0.29, 0.717) is 38.3 Å². The molecule has 3 aromatic rings. The summed E-state index contributed by atoms with van der Waals surface area (Å²) >= 11 is 18.5. The minimum absolute atomic E-state index is 0.00281. The van der Waals surface area contributed by atoms with E-state index in [1.54, 1.807) is 62.4 Å². The normalized spacial score (nSPS) is 12.9. The number of anilines is 1. The van der Waals surface area contributed by atoms with Crippen molar-refractivity contribution in [3.63, 3.8) is 0 Å². The summed E-state index contributed by atoms with van der Waals surface area (Å²) in [6, 6.07) is 15.1. The van der Waals surface area contributed by atoms with Crippen molar-refractivity contribution in [2.75, 3.05) is 10.8 Å². The van der Waals surface area contributed by atoms with Crippen LogP contribution in [0.2, 0.25) is 15.1 Å². The Morgan fingerprint density at radius 1 is 0.902 bits per heavy atom. The molecule has 3 aromatic carbocycles. The Morgan fingerprint density at radius 3 is 2.15 bits per heavy atom. The molecule has 0 aliphatic rings. The lowest BCUT2D eigenvalue weighted by molar-refractivity contribution is -0.139. The summed E-state index contributed by atoms with van der Waals surface area (Å²) < 4.78 is 29.0. The van der Waals surface area contributed by atoms with Crippen LogP contribution in [-0.4, -0.2) is 43.8 Å². The molecule has 220 valence electrons. The van der Waals surface area contributed by atoms with Crippen molar-refractivity contribution in [2.24, 2.45) is 0 Å². The van der Waals surface area contributed by atoms with Gasteiger partial charge in [0.25, 0.3) is 10.0 Å². The van der Waals surface area contributed by atoms with E-state index in [2.05, 4.69) is 5.32 Å².